The highest BCUT2D eigenvalue weighted by molar-refractivity contribution is 6.31. The van der Waals surface area contributed by atoms with Crippen molar-refractivity contribution in [2.24, 2.45) is 0 Å². The molecule has 0 saturated carbocycles. The van der Waals surface area contributed by atoms with Crippen molar-refractivity contribution in [2.75, 3.05) is 6.54 Å². The summed E-state index contributed by atoms with van der Waals surface area (Å²) >= 11 is 6.33. The molecule has 124 valence electrons. The van der Waals surface area contributed by atoms with Gasteiger partial charge in [0, 0.05) is 11.1 Å². The van der Waals surface area contributed by atoms with Gasteiger partial charge in [-0.25, -0.2) is 4.98 Å². The number of benzene rings is 2. The van der Waals surface area contributed by atoms with E-state index in [9.17, 15) is 4.79 Å². The van der Waals surface area contributed by atoms with Crippen LogP contribution in [0.25, 0.3) is 10.9 Å². The number of aromatic amines is 1. The number of para-hydroxylation sites is 1. The lowest BCUT2D eigenvalue weighted by atomic mass is 10.1. The fourth-order valence-corrected chi connectivity index (χ4v) is 3.23. The first-order chi connectivity index (χ1) is 11.6. The van der Waals surface area contributed by atoms with E-state index in [0.717, 1.165) is 22.6 Å². The molecule has 0 aliphatic heterocycles. The lowest BCUT2D eigenvalue weighted by Gasteiger charge is -2.28. The van der Waals surface area contributed by atoms with Crippen LogP contribution in [-0.2, 0) is 6.54 Å². The molecule has 24 heavy (non-hydrogen) atoms. The zero-order valence-corrected chi connectivity index (χ0v) is 14.5. The second-order valence-corrected chi connectivity index (χ2v) is 6.20. The van der Waals surface area contributed by atoms with Gasteiger partial charge in [0.15, 0.2) is 0 Å². The van der Waals surface area contributed by atoms with Gasteiger partial charge in [-0.3, -0.25) is 9.69 Å². The first-order valence-corrected chi connectivity index (χ1v) is 8.44. The molecule has 3 aromatic rings. The van der Waals surface area contributed by atoms with E-state index >= 15 is 0 Å². The summed E-state index contributed by atoms with van der Waals surface area (Å²) in [7, 11) is 0. The molecule has 0 fully saturated rings. The van der Waals surface area contributed by atoms with E-state index in [1.165, 1.54) is 0 Å². The molecule has 5 heteroatoms. The Bertz CT molecular complexity index is 906. The van der Waals surface area contributed by atoms with Gasteiger partial charge in [-0.1, -0.05) is 48.9 Å². The lowest BCUT2D eigenvalue weighted by molar-refractivity contribution is 0.208. The molecule has 1 aromatic heterocycles. The van der Waals surface area contributed by atoms with E-state index in [2.05, 4.69) is 28.7 Å². The van der Waals surface area contributed by atoms with Crippen molar-refractivity contribution in [3.63, 3.8) is 0 Å². The van der Waals surface area contributed by atoms with Gasteiger partial charge in [0.05, 0.1) is 17.4 Å². The van der Waals surface area contributed by atoms with Crippen molar-refractivity contribution in [2.45, 2.75) is 26.4 Å². The quantitative estimate of drug-likeness (QED) is 0.758. The Morgan fingerprint density at radius 3 is 2.62 bits per heavy atom. The van der Waals surface area contributed by atoms with Crippen molar-refractivity contribution >= 4 is 22.5 Å². The third-order valence-electron chi connectivity index (χ3n) is 4.32. The number of H-pyrrole nitrogens is 1. The smallest absolute Gasteiger partial charge is 0.258 e. The first kappa shape index (κ1) is 16.7. The molecule has 0 aliphatic rings. The third-order valence-corrected chi connectivity index (χ3v) is 4.67. The highest BCUT2D eigenvalue weighted by Crippen LogP contribution is 2.27. The first-order valence-electron chi connectivity index (χ1n) is 8.06. The molecule has 1 N–H and O–H groups in total. The second kappa shape index (κ2) is 7.16. The van der Waals surface area contributed by atoms with Crippen molar-refractivity contribution in [3.8, 4) is 0 Å². The van der Waals surface area contributed by atoms with E-state index in [4.69, 9.17) is 11.6 Å². The predicted molar refractivity (Wildman–Crippen MR) is 98.3 cm³/mol. The number of rotatable bonds is 5. The SMILES string of the molecule is CCN(Cc1nc2ccccc2c(=O)[nH]1)C(C)c1ccccc1Cl. The summed E-state index contributed by atoms with van der Waals surface area (Å²) in [6.07, 6.45) is 0. The number of halogens is 1. The van der Waals surface area contributed by atoms with E-state index in [1.807, 2.05) is 42.5 Å². The molecule has 1 heterocycles. The van der Waals surface area contributed by atoms with Crippen LogP contribution in [0.3, 0.4) is 0 Å². The lowest BCUT2D eigenvalue weighted by Crippen LogP contribution is -2.28. The molecule has 1 atom stereocenters. The van der Waals surface area contributed by atoms with Crippen LogP contribution in [-0.4, -0.2) is 21.4 Å². The standard InChI is InChI=1S/C19H20ClN3O/c1-3-23(13(2)14-8-4-6-10-16(14)20)12-18-21-17-11-7-5-9-15(17)19(24)22-18/h4-11,13H,3,12H2,1-2H3,(H,21,22,24). The maximum atomic E-state index is 12.2. The Kier molecular flexibility index (Phi) is 4.97. The fraction of sp³-hybridized carbons (Fsp3) is 0.263. The Balaban J connectivity index is 1.91. The molecule has 0 radical (unpaired) electrons. The Labute approximate surface area is 146 Å². The van der Waals surface area contributed by atoms with Crippen LogP contribution in [0.5, 0.6) is 0 Å². The van der Waals surface area contributed by atoms with Crippen LogP contribution in [0, 0.1) is 0 Å². The highest BCUT2D eigenvalue weighted by atomic mass is 35.5. The summed E-state index contributed by atoms with van der Waals surface area (Å²) in [5.74, 6) is 0.666. The maximum Gasteiger partial charge on any atom is 0.258 e. The van der Waals surface area contributed by atoms with Gasteiger partial charge in [0.2, 0.25) is 0 Å². The normalized spacial score (nSPS) is 12.7. The molecule has 4 nitrogen and oxygen atoms in total. The van der Waals surface area contributed by atoms with Gasteiger partial charge in [-0.15, -0.1) is 0 Å². The highest BCUT2D eigenvalue weighted by Gasteiger charge is 2.18. The van der Waals surface area contributed by atoms with Crippen LogP contribution >= 0.6 is 11.6 Å². The van der Waals surface area contributed by atoms with Gasteiger partial charge in [0.25, 0.3) is 5.56 Å². The maximum absolute atomic E-state index is 12.2. The molecular weight excluding hydrogens is 322 g/mol. The number of hydrogen-bond donors (Lipinski definition) is 1. The third kappa shape index (κ3) is 3.35. The Hall–Kier alpha value is -2.17. The van der Waals surface area contributed by atoms with Crippen LogP contribution in [0.1, 0.15) is 31.3 Å². The van der Waals surface area contributed by atoms with E-state index in [1.54, 1.807) is 6.07 Å². The zero-order valence-electron chi connectivity index (χ0n) is 13.8. The van der Waals surface area contributed by atoms with Gasteiger partial charge in [0.1, 0.15) is 5.82 Å². The zero-order chi connectivity index (χ0) is 17.1. The molecular formula is C19H20ClN3O. The molecule has 2 aromatic carbocycles. The average molecular weight is 342 g/mol. The minimum Gasteiger partial charge on any atom is -0.309 e. The summed E-state index contributed by atoms with van der Waals surface area (Å²) in [5, 5.41) is 1.37. The van der Waals surface area contributed by atoms with Crippen molar-refractivity contribution in [3.05, 3.63) is 75.3 Å². The minimum atomic E-state index is -0.1000. The van der Waals surface area contributed by atoms with Crippen LogP contribution in [0.4, 0.5) is 0 Å². The molecule has 0 spiro atoms. The second-order valence-electron chi connectivity index (χ2n) is 5.79. The van der Waals surface area contributed by atoms with Crippen LogP contribution in [0.15, 0.2) is 53.3 Å². The summed E-state index contributed by atoms with van der Waals surface area (Å²) in [5.41, 5.74) is 1.69. The van der Waals surface area contributed by atoms with E-state index in [0.29, 0.717) is 17.8 Å². The number of nitrogens with one attached hydrogen (secondary N) is 1. The number of fused-ring (bicyclic) bond motifs is 1. The topological polar surface area (TPSA) is 49.0 Å². The monoisotopic (exact) mass is 341 g/mol. The molecule has 3 rings (SSSR count). The van der Waals surface area contributed by atoms with Gasteiger partial charge < -0.3 is 4.98 Å². The molecule has 1 unspecified atom stereocenters. The molecule has 0 aliphatic carbocycles. The van der Waals surface area contributed by atoms with Crippen molar-refractivity contribution in [1.29, 1.82) is 0 Å². The number of aromatic nitrogens is 2. The fourth-order valence-electron chi connectivity index (χ4n) is 2.94. The number of hydrogen-bond acceptors (Lipinski definition) is 3. The van der Waals surface area contributed by atoms with Gasteiger partial charge in [-0.05, 0) is 37.2 Å². The van der Waals surface area contributed by atoms with Gasteiger partial charge in [-0.2, -0.15) is 0 Å². The van der Waals surface area contributed by atoms with Crippen molar-refractivity contribution in [1.82, 2.24) is 14.9 Å². The van der Waals surface area contributed by atoms with E-state index in [-0.39, 0.29) is 11.6 Å². The Morgan fingerprint density at radius 1 is 1.17 bits per heavy atom. The number of nitrogens with zero attached hydrogens (tertiary/aromatic N) is 2. The largest absolute Gasteiger partial charge is 0.309 e. The van der Waals surface area contributed by atoms with Crippen LogP contribution < -0.4 is 5.56 Å². The summed E-state index contributed by atoms with van der Waals surface area (Å²) < 4.78 is 0. The molecule has 0 saturated heterocycles. The average Bonchev–Trinajstić information content (AvgIpc) is 2.59. The summed E-state index contributed by atoms with van der Waals surface area (Å²) in [6.45, 7) is 5.59. The summed E-state index contributed by atoms with van der Waals surface area (Å²) in [4.78, 5) is 21.9. The predicted octanol–water partition coefficient (Wildman–Crippen LogP) is 4.16. The van der Waals surface area contributed by atoms with E-state index < -0.39 is 0 Å². The Morgan fingerprint density at radius 2 is 1.88 bits per heavy atom. The van der Waals surface area contributed by atoms with Crippen LogP contribution in [0.2, 0.25) is 5.02 Å². The van der Waals surface area contributed by atoms with Crippen molar-refractivity contribution < 1.29 is 0 Å². The molecule has 0 amide bonds. The molecule has 0 bridgehead atoms. The summed E-state index contributed by atoms with van der Waals surface area (Å²) in [6, 6.07) is 15.4. The minimum absolute atomic E-state index is 0.1000. The van der Waals surface area contributed by atoms with Gasteiger partial charge >= 0.3 is 0 Å².